The van der Waals surface area contributed by atoms with E-state index in [9.17, 15) is 13.2 Å². The van der Waals surface area contributed by atoms with Crippen molar-refractivity contribution in [3.8, 4) is 28.4 Å². The lowest BCUT2D eigenvalue weighted by Crippen LogP contribution is -2.32. The topological polar surface area (TPSA) is 94.0 Å². The van der Waals surface area contributed by atoms with E-state index in [0.29, 0.717) is 63.6 Å². The van der Waals surface area contributed by atoms with Crippen molar-refractivity contribution in [3.63, 3.8) is 0 Å². The molecule has 1 aromatic heterocycles. The SMILES string of the molecule is CCCN(CCC)S(=O)(=O)c1cccc(-c2nn(-c3ccccc3)cc2C=C2SC(=S)N(CCc3ccc(OC)c(OC)c3)C2=O)c1. The quantitative estimate of drug-likeness (QED) is 0.105. The molecule has 246 valence electrons. The summed E-state index contributed by atoms with van der Waals surface area (Å²) in [4.78, 5) is 15.9. The predicted octanol–water partition coefficient (Wildman–Crippen LogP) is 6.81. The van der Waals surface area contributed by atoms with Crippen molar-refractivity contribution in [3.05, 3.63) is 95.0 Å². The Balaban J connectivity index is 1.48. The standard InChI is InChI=1S/C35H38N4O5S3/c1-5-18-37(19-6-2)47(41,42)29-14-10-11-26(22-29)33-27(24-39(36-33)28-12-8-7-9-13-28)23-32-34(40)38(35(45)46-32)20-17-25-15-16-30(43-3)31(21-25)44-4/h7-16,21-24H,5-6,17-20H2,1-4H3. The number of aromatic nitrogens is 2. The number of benzene rings is 3. The Bertz CT molecular complexity index is 1880. The van der Waals surface area contributed by atoms with Gasteiger partial charge in [0.25, 0.3) is 5.91 Å². The molecule has 0 atom stereocenters. The number of sulfonamides is 1. The zero-order valence-corrected chi connectivity index (χ0v) is 29.3. The van der Waals surface area contributed by atoms with Crippen molar-refractivity contribution in [2.75, 3.05) is 33.9 Å². The molecule has 2 heterocycles. The molecule has 0 N–H and O–H groups in total. The van der Waals surface area contributed by atoms with Crippen molar-refractivity contribution in [1.82, 2.24) is 19.0 Å². The fourth-order valence-corrected chi connectivity index (χ4v) is 8.32. The van der Waals surface area contributed by atoms with E-state index in [2.05, 4.69) is 0 Å². The minimum absolute atomic E-state index is 0.190. The number of methoxy groups -OCH3 is 2. The summed E-state index contributed by atoms with van der Waals surface area (Å²) >= 11 is 6.88. The number of hydrogen-bond acceptors (Lipinski definition) is 8. The highest BCUT2D eigenvalue weighted by molar-refractivity contribution is 8.26. The van der Waals surface area contributed by atoms with Gasteiger partial charge in [0, 0.05) is 37.0 Å². The molecular weight excluding hydrogens is 653 g/mol. The number of hydrogen-bond donors (Lipinski definition) is 0. The summed E-state index contributed by atoms with van der Waals surface area (Å²) in [6.45, 7) is 5.23. The van der Waals surface area contributed by atoms with Crippen LogP contribution in [0, 0.1) is 0 Å². The number of carbonyl (C=O) groups excluding carboxylic acids is 1. The molecule has 0 unspecified atom stereocenters. The summed E-state index contributed by atoms with van der Waals surface area (Å²) in [7, 11) is -0.533. The van der Waals surface area contributed by atoms with Gasteiger partial charge in [0.2, 0.25) is 10.0 Å². The van der Waals surface area contributed by atoms with Gasteiger partial charge in [-0.25, -0.2) is 13.1 Å². The third-order valence-corrected chi connectivity index (χ3v) is 11.0. The Morgan fingerprint density at radius 3 is 2.34 bits per heavy atom. The van der Waals surface area contributed by atoms with Crippen LogP contribution in [0.5, 0.6) is 11.5 Å². The Hall–Kier alpha value is -3.97. The van der Waals surface area contributed by atoms with E-state index in [1.165, 1.54) is 16.1 Å². The van der Waals surface area contributed by atoms with Gasteiger partial charge >= 0.3 is 0 Å². The molecule has 0 spiro atoms. The third-order valence-electron chi connectivity index (χ3n) is 7.69. The average molecular weight is 691 g/mol. The first-order chi connectivity index (χ1) is 22.7. The number of nitrogens with zero attached hydrogens (tertiary/aromatic N) is 4. The Kier molecular flexibility index (Phi) is 11.2. The van der Waals surface area contributed by atoms with Gasteiger partial charge in [0.15, 0.2) is 11.5 Å². The molecule has 1 aliphatic rings. The third kappa shape index (κ3) is 7.62. The van der Waals surface area contributed by atoms with E-state index in [4.69, 9.17) is 26.8 Å². The fraction of sp³-hybridized carbons (Fsp3) is 0.286. The first-order valence-electron chi connectivity index (χ1n) is 15.4. The summed E-state index contributed by atoms with van der Waals surface area (Å²) in [5, 5.41) is 4.88. The maximum atomic E-state index is 13.7. The first-order valence-corrected chi connectivity index (χ1v) is 18.1. The molecule has 47 heavy (non-hydrogen) atoms. The summed E-state index contributed by atoms with van der Waals surface area (Å²) in [5.74, 6) is 1.07. The first kappa shape index (κ1) is 34.4. The Morgan fingerprint density at radius 1 is 0.936 bits per heavy atom. The van der Waals surface area contributed by atoms with Crippen molar-refractivity contribution in [1.29, 1.82) is 0 Å². The molecule has 9 nitrogen and oxygen atoms in total. The van der Waals surface area contributed by atoms with Gasteiger partial charge in [-0.15, -0.1) is 0 Å². The van der Waals surface area contributed by atoms with Gasteiger partial charge in [-0.3, -0.25) is 9.69 Å². The molecular formula is C35H38N4O5S3. The lowest BCUT2D eigenvalue weighted by molar-refractivity contribution is -0.122. The molecule has 0 bridgehead atoms. The second-order valence-corrected chi connectivity index (χ2v) is 14.5. The molecule has 1 aliphatic heterocycles. The average Bonchev–Trinajstić information content (AvgIpc) is 3.63. The fourth-order valence-electron chi connectivity index (χ4n) is 5.35. The zero-order chi connectivity index (χ0) is 33.6. The van der Waals surface area contributed by atoms with Crippen LogP contribution in [-0.2, 0) is 21.2 Å². The molecule has 0 saturated carbocycles. The highest BCUT2D eigenvalue weighted by Crippen LogP contribution is 2.36. The van der Waals surface area contributed by atoms with E-state index in [1.807, 2.05) is 74.6 Å². The number of thioether (sulfide) groups is 1. The number of para-hydroxylation sites is 1. The smallest absolute Gasteiger partial charge is 0.266 e. The summed E-state index contributed by atoms with van der Waals surface area (Å²) in [6, 6.07) is 22.2. The molecule has 1 saturated heterocycles. The molecule has 12 heteroatoms. The van der Waals surface area contributed by atoms with Crippen LogP contribution < -0.4 is 9.47 Å². The Morgan fingerprint density at radius 2 is 1.66 bits per heavy atom. The lowest BCUT2D eigenvalue weighted by atomic mass is 10.1. The van der Waals surface area contributed by atoms with Crippen molar-refractivity contribution in [2.24, 2.45) is 0 Å². The zero-order valence-electron chi connectivity index (χ0n) is 26.9. The molecule has 1 amide bonds. The number of thiocarbonyl (C=S) groups is 1. The highest BCUT2D eigenvalue weighted by Gasteiger charge is 2.32. The molecule has 4 aromatic rings. The van der Waals surface area contributed by atoms with E-state index in [-0.39, 0.29) is 10.8 Å². The summed E-state index contributed by atoms with van der Waals surface area (Å²) in [6.07, 6.45) is 5.65. The number of carbonyl (C=O) groups is 1. The van der Waals surface area contributed by atoms with E-state index in [1.54, 1.807) is 48.1 Å². The lowest BCUT2D eigenvalue weighted by Gasteiger charge is -2.21. The number of rotatable bonds is 14. The van der Waals surface area contributed by atoms with E-state index in [0.717, 1.165) is 24.1 Å². The van der Waals surface area contributed by atoms with Gasteiger partial charge in [-0.2, -0.15) is 9.40 Å². The monoisotopic (exact) mass is 690 g/mol. The molecule has 3 aromatic carbocycles. The van der Waals surface area contributed by atoms with E-state index >= 15 is 0 Å². The van der Waals surface area contributed by atoms with Crippen LogP contribution in [0.15, 0.2) is 88.8 Å². The second kappa shape index (κ2) is 15.3. The van der Waals surface area contributed by atoms with Gasteiger partial charge in [0.1, 0.15) is 10.0 Å². The normalized spacial score (nSPS) is 14.4. The van der Waals surface area contributed by atoms with Crippen molar-refractivity contribution in [2.45, 2.75) is 38.0 Å². The number of ether oxygens (including phenoxy) is 2. The van der Waals surface area contributed by atoms with Crippen LogP contribution in [-0.4, -0.2) is 71.5 Å². The molecule has 0 aliphatic carbocycles. The van der Waals surface area contributed by atoms with Gasteiger partial charge < -0.3 is 9.47 Å². The predicted molar refractivity (Wildman–Crippen MR) is 191 cm³/mol. The van der Waals surface area contributed by atoms with Crippen molar-refractivity contribution < 1.29 is 22.7 Å². The Labute approximate surface area is 286 Å². The van der Waals surface area contributed by atoms with Crippen LogP contribution in [0.1, 0.15) is 37.8 Å². The van der Waals surface area contributed by atoms with Crippen LogP contribution in [0.2, 0.25) is 0 Å². The molecule has 1 fully saturated rings. The minimum atomic E-state index is -3.71. The van der Waals surface area contributed by atoms with Crippen LogP contribution in [0.4, 0.5) is 0 Å². The highest BCUT2D eigenvalue weighted by atomic mass is 32.2. The summed E-state index contributed by atoms with van der Waals surface area (Å²) < 4.78 is 41.8. The van der Waals surface area contributed by atoms with Gasteiger partial charge in [-0.1, -0.05) is 74.2 Å². The second-order valence-electron chi connectivity index (χ2n) is 10.9. The molecule has 0 radical (unpaired) electrons. The van der Waals surface area contributed by atoms with Gasteiger partial charge in [0.05, 0.1) is 29.7 Å². The van der Waals surface area contributed by atoms with E-state index < -0.39 is 10.0 Å². The van der Waals surface area contributed by atoms with Crippen LogP contribution in [0.3, 0.4) is 0 Å². The maximum absolute atomic E-state index is 13.7. The molecule has 5 rings (SSSR count). The largest absolute Gasteiger partial charge is 0.493 e. The summed E-state index contributed by atoms with van der Waals surface area (Å²) in [5.41, 5.74) is 3.67. The van der Waals surface area contributed by atoms with Gasteiger partial charge in [-0.05, 0) is 67.3 Å². The van der Waals surface area contributed by atoms with Crippen LogP contribution in [0.25, 0.3) is 23.0 Å². The minimum Gasteiger partial charge on any atom is -0.493 e. The maximum Gasteiger partial charge on any atom is 0.266 e. The number of amides is 1. The van der Waals surface area contributed by atoms with Crippen molar-refractivity contribution >= 4 is 50.3 Å². The van der Waals surface area contributed by atoms with Crippen LogP contribution >= 0.6 is 24.0 Å².